The molecule has 0 radical (unpaired) electrons. The van der Waals surface area contributed by atoms with Crippen LogP contribution >= 0.6 is 12.4 Å². The zero-order valence-electron chi connectivity index (χ0n) is 12.5. The van der Waals surface area contributed by atoms with Crippen LogP contribution in [0.2, 0.25) is 0 Å². The third-order valence-electron chi connectivity index (χ3n) is 4.41. The minimum atomic E-state index is -0.131. The highest BCUT2D eigenvalue weighted by Crippen LogP contribution is 2.41. The number of hydrogen-bond acceptors (Lipinski definition) is 3. The Labute approximate surface area is 132 Å². The van der Waals surface area contributed by atoms with Gasteiger partial charge in [-0.05, 0) is 18.4 Å². The lowest BCUT2D eigenvalue weighted by molar-refractivity contribution is 0.157. The highest BCUT2D eigenvalue weighted by Gasteiger charge is 2.31. The summed E-state index contributed by atoms with van der Waals surface area (Å²) < 4.78 is 19.5. The quantitative estimate of drug-likeness (QED) is 0.904. The first-order valence-corrected chi connectivity index (χ1v) is 7.56. The van der Waals surface area contributed by atoms with E-state index in [-0.39, 0.29) is 24.3 Å². The van der Waals surface area contributed by atoms with Crippen molar-refractivity contribution in [3.05, 3.63) is 29.6 Å². The molecule has 0 bridgehead atoms. The third kappa shape index (κ3) is 4.09. The fourth-order valence-corrected chi connectivity index (χ4v) is 3.04. The Kier molecular flexibility index (Phi) is 5.85. The SMILES string of the molecule is COc1ccc([C@H](CC2CC2)N2CCNCC2)c(F)c1.Cl. The molecule has 0 unspecified atom stereocenters. The van der Waals surface area contributed by atoms with Crippen molar-refractivity contribution >= 4 is 12.4 Å². The molecule has 1 atom stereocenters. The van der Waals surface area contributed by atoms with Crippen LogP contribution in [0.5, 0.6) is 5.75 Å². The van der Waals surface area contributed by atoms with Gasteiger partial charge in [0.05, 0.1) is 7.11 Å². The molecule has 3 nitrogen and oxygen atoms in total. The van der Waals surface area contributed by atoms with E-state index in [0.717, 1.165) is 44.1 Å². The van der Waals surface area contributed by atoms with E-state index in [0.29, 0.717) is 5.75 Å². The second kappa shape index (κ2) is 7.43. The number of benzene rings is 1. The van der Waals surface area contributed by atoms with Crippen LogP contribution < -0.4 is 10.1 Å². The lowest BCUT2D eigenvalue weighted by Crippen LogP contribution is -2.45. The molecule has 21 heavy (non-hydrogen) atoms. The molecule has 1 heterocycles. The van der Waals surface area contributed by atoms with Crippen LogP contribution in [0.3, 0.4) is 0 Å². The minimum absolute atomic E-state index is 0. The molecule has 2 fully saturated rings. The molecule has 1 N–H and O–H groups in total. The van der Waals surface area contributed by atoms with E-state index >= 15 is 0 Å². The van der Waals surface area contributed by atoms with Crippen molar-refractivity contribution in [3.63, 3.8) is 0 Å². The first-order chi connectivity index (χ1) is 9.78. The van der Waals surface area contributed by atoms with Crippen molar-refractivity contribution in [2.24, 2.45) is 5.92 Å². The average Bonchev–Trinajstić information content (AvgIpc) is 3.30. The molecule has 0 amide bonds. The number of piperazine rings is 1. The lowest BCUT2D eigenvalue weighted by Gasteiger charge is -2.35. The Morgan fingerprint density at radius 2 is 2.05 bits per heavy atom. The lowest BCUT2D eigenvalue weighted by atomic mass is 9.98. The Bertz CT molecular complexity index is 462. The number of halogens is 2. The maximum atomic E-state index is 14.4. The Hall–Kier alpha value is -0.840. The van der Waals surface area contributed by atoms with Crippen LogP contribution in [0.1, 0.15) is 30.9 Å². The van der Waals surface area contributed by atoms with E-state index < -0.39 is 0 Å². The third-order valence-corrected chi connectivity index (χ3v) is 4.41. The fraction of sp³-hybridized carbons (Fsp3) is 0.625. The van der Waals surface area contributed by atoms with E-state index in [1.165, 1.54) is 18.9 Å². The van der Waals surface area contributed by atoms with Gasteiger partial charge in [-0.3, -0.25) is 4.90 Å². The minimum Gasteiger partial charge on any atom is -0.497 e. The fourth-order valence-electron chi connectivity index (χ4n) is 3.04. The summed E-state index contributed by atoms with van der Waals surface area (Å²) in [4.78, 5) is 2.43. The summed E-state index contributed by atoms with van der Waals surface area (Å²) in [5.74, 6) is 1.25. The molecule has 1 saturated heterocycles. The van der Waals surface area contributed by atoms with Crippen molar-refractivity contribution in [3.8, 4) is 5.75 Å². The molecular weight excluding hydrogens is 291 g/mol. The van der Waals surface area contributed by atoms with Gasteiger partial charge in [-0.15, -0.1) is 12.4 Å². The molecule has 1 aromatic carbocycles. The molecule has 1 saturated carbocycles. The summed E-state index contributed by atoms with van der Waals surface area (Å²) in [6.45, 7) is 4.00. The number of methoxy groups -OCH3 is 1. The van der Waals surface area contributed by atoms with Gasteiger partial charge in [-0.25, -0.2) is 4.39 Å². The predicted molar refractivity (Wildman–Crippen MR) is 84.7 cm³/mol. The first-order valence-electron chi connectivity index (χ1n) is 7.56. The van der Waals surface area contributed by atoms with Gasteiger partial charge in [-0.1, -0.05) is 18.9 Å². The molecule has 5 heteroatoms. The Morgan fingerprint density at radius 3 is 2.62 bits per heavy atom. The van der Waals surface area contributed by atoms with E-state index in [1.54, 1.807) is 7.11 Å². The summed E-state index contributed by atoms with van der Waals surface area (Å²) in [6.07, 6.45) is 3.70. The predicted octanol–water partition coefficient (Wildman–Crippen LogP) is 3.00. The van der Waals surface area contributed by atoms with Gasteiger partial charge in [-0.2, -0.15) is 0 Å². The molecule has 118 valence electrons. The van der Waals surface area contributed by atoms with Gasteiger partial charge >= 0.3 is 0 Å². The summed E-state index contributed by atoms with van der Waals surface area (Å²) in [5.41, 5.74) is 0.833. The van der Waals surface area contributed by atoms with Crippen molar-refractivity contribution in [2.75, 3.05) is 33.3 Å². The molecule has 0 spiro atoms. The molecule has 1 aliphatic carbocycles. The van der Waals surface area contributed by atoms with Crippen molar-refractivity contribution in [2.45, 2.75) is 25.3 Å². The van der Waals surface area contributed by atoms with E-state index in [2.05, 4.69) is 10.2 Å². The van der Waals surface area contributed by atoms with Gasteiger partial charge < -0.3 is 10.1 Å². The Morgan fingerprint density at radius 1 is 1.33 bits per heavy atom. The standard InChI is InChI=1S/C16H23FN2O.ClH/c1-20-13-4-5-14(15(17)11-13)16(10-12-2-3-12)19-8-6-18-7-9-19;/h4-5,11-12,16,18H,2-3,6-10H2,1H3;1H/t16-;/m0./s1. The summed E-state index contributed by atoms with van der Waals surface area (Å²) in [7, 11) is 1.58. The first kappa shape index (κ1) is 16.5. The molecular formula is C16H24ClFN2O. The van der Waals surface area contributed by atoms with Crippen LogP contribution in [0, 0.1) is 11.7 Å². The largest absolute Gasteiger partial charge is 0.497 e. The zero-order valence-corrected chi connectivity index (χ0v) is 13.3. The summed E-state index contributed by atoms with van der Waals surface area (Å²) >= 11 is 0. The maximum Gasteiger partial charge on any atom is 0.131 e. The van der Waals surface area contributed by atoms with Crippen LogP contribution in [0.25, 0.3) is 0 Å². The Balaban J connectivity index is 0.00000161. The highest BCUT2D eigenvalue weighted by atomic mass is 35.5. The van der Waals surface area contributed by atoms with E-state index in [4.69, 9.17) is 4.74 Å². The number of ether oxygens (including phenoxy) is 1. The molecule has 2 aliphatic rings. The van der Waals surface area contributed by atoms with Gasteiger partial charge in [0, 0.05) is 43.9 Å². The number of rotatable bonds is 5. The molecule has 1 aromatic rings. The maximum absolute atomic E-state index is 14.4. The monoisotopic (exact) mass is 314 g/mol. The van der Waals surface area contributed by atoms with Crippen molar-refractivity contribution < 1.29 is 9.13 Å². The van der Waals surface area contributed by atoms with Crippen molar-refractivity contribution in [1.29, 1.82) is 0 Å². The normalized spacial score (nSPS) is 20.7. The zero-order chi connectivity index (χ0) is 13.9. The van der Waals surface area contributed by atoms with Gasteiger partial charge in [0.25, 0.3) is 0 Å². The molecule has 0 aromatic heterocycles. The van der Waals surface area contributed by atoms with Crippen LogP contribution in [0.15, 0.2) is 18.2 Å². The second-order valence-electron chi connectivity index (χ2n) is 5.87. The van der Waals surface area contributed by atoms with E-state index in [1.807, 2.05) is 12.1 Å². The molecule has 1 aliphatic heterocycles. The van der Waals surface area contributed by atoms with Gasteiger partial charge in [0.2, 0.25) is 0 Å². The molecule has 3 rings (SSSR count). The van der Waals surface area contributed by atoms with E-state index in [9.17, 15) is 4.39 Å². The topological polar surface area (TPSA) is 24.5 Å². The van der Waals surface area contributed by atoms with Crippen molar-refractivity contribution in [1.82, 2.24) is 10.2 Å². The number of nitrogens with zero attached hydrogens (tertiary/aromatic N) is 1. The van der Waals surface area contributed by atoms with Gasteiger partial charge in [0.15, 0.2) is 0 Å². The summed E-state index contributed by atoms with van der Waals surface area (Å²) in [5, 5.41) is 3.37. The van der Waals surface area contributed by atoms with Crippen LogP contribution in [0.4, 0.5) is 4.39 Å². The summed E-state index contributed by atoms with van der Waals surface area (Å²) in [6, 6.07) is 5.51. The smallest absolute Gasteiger partial charge is 0.131 e. The number of nitrogens with one attached hydrogen (secondary N) is 1. The average molecular weight is 315 g/mol. The highest BCUT2D eigenvalue weighted by molar-refractivity contribution is 5.85. The van der Waals surface area contributed by atoms with Gasteiger partial charge in [0.1, 0.15) is 11.6 Å². The number of hydrogen-bond donors (Lipinski definition) is 1. The van der Waals surface area contributed by atoms with Crippen LogP contribution in [-0.4, -0.2) is 38.2 Å². The van der Waals surface area contributed by atoms with Crippen LogP contribution in [-0.2, 0) is 0 Å². The second-order valence-corrected chi connectivity index (χ2v) is 5.87.